The summed E-state index contributed by atoms with van der Waals surface area (Å²) in [5, 5.41) is 18.8. The second-order valence-corrected chi connectivity index (χ2v) is 5.31. The van der Waals surface area contributed by atoms with Gasteiger partial charge < -0.3 is 10.4 Å². The number of aromatic nitrogens is 2. The lowest BCUT2D eigenvalue weighted by Gasteiger charge is -2.39. The average Bonchev–Trinajstić information content (AvgIpc) is 2.78. The maximum atomic E-state index is 12.1. The van der Waals surface area contributed by atoms with Crippen LogP contribution in [-0.4, -0.2) is 32.7 Å². The van der Waals surface area contributed by atoms with E-state index in [4.69, 9.17) is 0 Å². The molecule has 104 valence electrons. The van der Waals surface area contributed by atoms with Crippen LogP contribution in [0.15, 0.2) is 6.07 Å². The van der Waals surface area contributed by atoms with Gasteiger partial charge in [-0.15, -0.1) is 0 Å². The summed E-state index contributed by atoms with van der Waals surface area (Å²) in [6.45, 7) is 3.67. The van der Waals surface area contributed by atoms with Crippen LogP contribution in [0.3, 0.4) is 0 Å². The number of carboxylic acids is 1. The molecule has 1 aliphatic carbocycles. The predicted molar refractivity (Wildman–Crippen MR) is 68.8 cm³/mol. The van der Waals surface area contributed by atoms with Crippen molar-refractivity contribution in [3.05, 3.63) is 17.5 Å². The molecule has 0 saturated heterocycles. The number of amides is 1. The lowest BCUT2D eigenvalue weighted by Crippen LogP contribution is -2.60. The van der Waals surface area contributed by atoms with Gasteiger partial charge in [0, 0.05) is 5.69 Å². The SMILES string of the molecule is Cc1cc(C(=O)NC2(C(=O)O)CCCCC2C)n[nH]1. The Morgan fingerprint density at radius 1 is 1.53 bits per heavy atom. The summed E-state index contributed by atoms with van der Waals surface area (Å²) >= 11 is 0. The molecule has 6 nitrogen and oxygen atoms in total. The first-order valence-electron chi connectivity index (χ1n) is 6.53. The van der Waals surface area contributed by atoms with Crippen LogP contribution in [0.5, 0.6) is 0 Å². The van der Waals surface area contributed by atoms with Crippen LogP contribution < -0.4 is 5.32 Å². The van der Waals surface area contributed by atoms with Gasteiger partial charge in [0.05, 0.1) is 0 Å². The molecule has 19 heavy (non-hydrogen) atoms. The zero-order chi connectivity index (χ0) is 14.0. The van der Waals surface area contributed by atoms with Gasteiger partial charge in [-0.25, -0.2) is 4.79 Å². The van der Waals surface area contributed by atoms with E-state index in [0.717, 1.165) is 25.0 Å². The van der Waals surface area contributed by atoms with Crippen molar-refractivity contribution in [2.45, 2.75) is 45.1 Å². The largest absolute Gasteiger partial charge is 0.479 e. The van der Waals surface area contributed by atoms with Crippen molar-refractivity contribution in [1.29, 1.82) is 0 Å². The van der Waals surface area contributed by atoms with Crippen molar-refractivity contribution < 1.29 is 14.7 Å². The van der Waals surface area contributed by atoms with Crippen LogP contribution in [0.2, 0.25) is 0 Å². The third kappa shape index (κ3) is 2.47. The van der Waals surface area contributed by atoms with E-state index in [-0.39, 0.29) is 11.6 Å². The first-order chi connectivity index (χ1) is 8.95. The van der Waals surface area contributed by atoms with Crippen molar-refractivity contribution in [3.8, 4) is 0 Å². The summed E-state index contributed by atoms with van der Waals surface area (Å²) in [5.74, 6) is -1.47. The number of aromatic amines is 1. The number of nitrogens with one attached hydrogen (secondary N) is 2. The number of aliphatic carboxylic acids is 1. The summed E-state index contributed by atoms with van der Waals surface area (Å²) in [7, 11) is 0. The number of H-pyrrole nitrogens is 1. The molecule has 2 unspecified atom stereocenters. The fraction of sp³-hybridized carbons (Fsp3) is 0.615. The molecule has 2 rings (SSSR count). The highest BCUT2D eigenvalue weighted by Gasteiger charge is 2.46. The Morgan fingerprint density at radius 2 is 2.26 bits per heavy atom. The number of hydrogen-bond acceptors (Lipinski definition) is 3. The van der Waals surface area contributed by atoms with Crippen LogP contribution in [-0.2, 0) is 4.79 Å². The Bertz CT molecular complexity index is 497. The molecule has 2 atom stereocenters. The van der Waals surface area contributed by atoms with Crippen LogP contribution in [0.1, 0.15) is 48.8 Å². The second-order valence-electron chi connectivity index (χ2n) is 5.31. The molecule has 1 aromatic rings. The molecule has 1 aliphatic rings. The maximum absolute atomic E-state index is 12.1. The number of carboxylic acid groups (broad SMARTS) is 1. The van der Waals surface area contributed by atoms with Crippen LogP contribution >= 0.6 is 0 Å². The number of carbonyl (C=O) groups excluding carboxylic acids is 1. The molecule has 0 spiro atoms. The molecule has 0 aromatic carbocycles. The van der Waals surface area contributed by atoms with Crippen molar-refractivity contribution in [3.63, 3.8) is 0 Å². The minimum Gasteiger partial charge on any atom is -0.479 e. The fourth-order valence-corrected chi connectivity index (χ4v) is 2.71. The molecule has 1 heterocycles. The van der Waals surface area contributed by atoms with Crippen LogP contribution in [0, 0.1) is 12.8 Å². The van der Waals surface area contributed by atoms with Crippen LogP contribution in [0.25, 0.3) is 0 Å². The van der Waals surface area contributed by atoms with Gasteiger partial charge in [0.15, 0.2) is 0 Å². The molecular formula is C13H19N3O3. The Labute approximate surface area is 111 Å². The third-order valence-corrected chi connectivity index (χ3v) is 3.96. The highest BCUT2D eigenvalue weighted by atomic mass is 16.4. The van der Waals surface area contributed by atoms with Gasteiger partial charge in [-0.3, -0.25) is 9.89 Å². The normalized spacial score (nSPS) is 26.9. The van der Waals surface area contributed by atoms with Gasteiger partial charge in [0.1, 0.15) is 11.2 Å². The number of rotatable bonds is 3. The summed E-state index contributed by atoms with van der Waals surface area (Å²) in [6, 6.07) is 1.61. The van der Waals surface area contributed by atoms with Gasteiger partial charge in [-0.2, -0.15) is 5.10 Å². The molecule has 1 amide bonds. The van der Waals surface area contributed by atoms with Gasteiger partial charge in [-0.1, -0.05) is 19.8 Å². The summed E-state index contributed by atoms with van der Waals surface area (Å²) in [4.78, 5) is 23.7. The highest BCUT2D eigenvalue weighted by Crippen LogP contribution is 2.34. The zero-order valence-electron chi connectivity index (χ0n) is 11.2. The van der Waals surface area contributed by atoms with Crippen LogP contribution in [0.4, 0.5) is 0 Å². The van der Waals surface area contributed by atoms with E-state index in [1.54, 1.807) is 13.0 Å². The Morgan fingerprint density at radius 3 is 2.79 bits per heavy atom. The quantitative estimate of drug-likeness (QED) is 0.771. The smallest absolute Gasteiger partial charge is 0.329 e. The standard InChI is InChI=1S/C13H19N3O3/c1-8-5-3-4-6-13(8,12(18)19)14-11(17)10-7-9(2)15-16-10/h7-8H,3-6H2,1-2H3,(H,14,17)(H,15,16)(H,18,19). The summed E-state index contributed by atoms with van der Waals surface area (Å²) < 4.78 is 0. The second kappa shape index (κ2) is 5.03. The lowest BCUT2D eigenvalue weighted by molar-refractivity contribution is -0.148. The maximum Gasteiger partial charge on any atom is 0.329 e. The zero-order valence-corrected chi connectivity index (χ0v) is 11.2. The van der Waals surface area contributed by atoms with Gasteiger partial charge in [0.2, 0.25) is 0 Å². The number of aryl methyl sites for hydroxylation is 1. The molecule has 0 bridgehead atoms. The third-order valence-electron chi connectivity index (χ3n) is 3.96. The van der Waals surface area contributed by atoms with E-state index in [9.17, 15) is 14.7 Å². The Hall–Kier alpha value is -1.85. The van der Waals surface area contributed by atoms with E-state index < -0.39 is 17.4 Å². The first-order valence-corrected chi connectivity index (χ1v) is 6.53. The summed E-state index contributed by atoms with van der Waals surface area (Å²) in [5.41, 5.74) is -0.163. The fourth-order valence-electron chi connectivity index (χ4n) is 2.71. The molecule has 0 radical (unpaired) electrons. The minimum absolute atomic E-state index is 0.0808. The number of hydrogen-bond donors (Lipinski definition) is 3. The number of nitrogens with zero attached hydrogens (tertiary/aromatic N) is 1. The van der Waals surface area contributed by atoms with E-state index in [1.807, 2.05) is 6.92 Å². The van der Waals surface area contributed by atoms with Gasteiger partial charge in [-0.05, 0) is 31.7 Å². The van der Waals surface area contributed by atoms with Crippen molar-refractivity contribution in [2.24, 2.45) is 5.92 Å². The van der Waals surface area contributed by atoms with Crippen molar-refractivity contribution in [1.82, 2.24) is 15.5 Å². The van der Waals surface area contributed by atoms with E-state index in [0.29, 0.717) is 6.42 Å². The average molecular weight is 265 g/mol. The lowest BCUT2D eigenvalue weighted by atomic mass is 9.73. The topological polar surface area (TPSA) is 95.1 Å². The van der Waals surface area contributed by atoms with E-state index >= 15 is 0 Å². The van der Waals surface area contributed by atoms with Gasteiger partial charge in [0.25, 0.3) is 5.91 Å². The van der Waals surface area contributed by atoms with Crippen molar-refractivity contribution in [2.75, 3.05) is 0 Å². The summed E-state index contributed by atoms with van der Waals surface area (Å²) in [6.07, 6.45) is 3.11. The Balaban J connectivity index is 2.21. The molecule has 1 fully saturated rings. The Kier molecular flexibility index (Phi) is 3.59. The molecule has 6 heteroatoms. The first kappa shape index (κ1) is 13.6. The molecule has 1 saturated carbocycles. The van der Waals surface area contributed by atoms with E-state index in [2.05, 4.69) is 15.5 Å². The number of carbonyl (C=O) groups is 2. The molecule has 1 aromatic heterocycles. The molecule has 0 aliphatic heterocycles. The predicted octanol–water partition coefficient (Wildman–Crippen LogP) is 1.48. The monoisotopic (exact) mass is 265 g/mol. The molecule has 3 N–H and O–H groups in total. The minimum atomic E-state index is -1.16. The van der Waals surface area contributed by atoms with Gasteiger partial charge >= 0.3 is 5.97 Å². The van der Waals surface area contributed by atoms with E-state index in [1.165, 1.54) is 0 Å². The van der Waals surface area contributed by atoms with Crippen molar-refractivity contribution >= 4 is 11.9 Å². The highest BCUT2D eigenvalue weighted by molar-refractivity contribution is 5.96. The molecular weight excluding hydrogens is 246 g/mol.